The first kappa shape index (κ1) is 25.6. The minimum atomic E-state index is -0.934. The Hall–Kier alpha value is -2.48. The van der Waals surface area contributed by atoms with E-state index in [2.05, 4.69) is 0 Å². The Morgan fingerprint density at radius 1 is 1.03 bits per heavy atom. The van der Waals surface area contributed by atoms with Gasteiger partial charge in [0.1, 0.15) is 18.4 Å². The molecule has 0 aliphatic carbocycles. The number of amides is 1. The number of carbonyl (C=O) groups excluding carboxylic acids is 2. The molecule has 0 saturated carbocycles. The highest BCUT2D eigenvalue weighted by Crippen LogP contribution is 2.28. The summed E-state index contributed by atoms with van der Waals surface area (Å²) in [5.74, 6) is 0.732. The van der Waals surface area contributed by atoms with Gasteiger partial charge in [0.2, 0.25) is 0 Å². The van der Waals surface area contributed by atoms with Crippen LogP contribution in [0.1, 0.15) is 40.2 Å². The molecule has 8 heteroatoms. The van der Waals surface area contributed by atoms with Crippen molar-refractivity contribution in [3.63, 3.8) is 0 Å². The molecule has 0 spiro atoms. The average Bonchev–Trinajstić information content (AvgIpc) is 2.67. The second-order valence-electron chi connectivity index (χ2n) is 8.30. The van der Waals surface area contributed by atoms with E-state index in [1.165, 1.54) is 19.1 Å². The molecular weight excluding hydrogens is 390 g/mol. The van der Waals surface area contributed by atoms with Gasteiger partial charge < -0.3 is 23.7 Å². The maximum Gasteiger partial charge on any atom is 0.412 e. The first-order valence-electron chi connectivity index (χ1n) is 9.88. The lowest BCUT2D eigenvalue weighted by Crippen LogP contribution is -2.50. The van der Waals surface area contributed by atoms with Crippen molar-refractivity contribution in [2.45, 2.75) is 52.7 Å². The monoisotopic (exact) mass is 425 g/mol. The molecule has 8 nitrogen and oxygen atoms in total. The molecule has 0 radical (unpaired) electrons. The lowest BCUT2D eigenvalue weighted by Gasteiger charge is -2.32. The van der Waals surface area contributed by atoms with E-state index in [-0.39, 0.29) is 25.7 Å². The number of ether oxygens (including phenoxy) is 5. The van der Waals surface area contributed by atoms with Gasteiger partial charge in [0, 0.05) is 13.5 Å². The fourth-order valence-electron chi connectivity index (χ4n) is 2.63. The van der Waals surface area contributed by atoms with Gasteiger partial charge in [-0.15, -0.1) is 0 Å². The van der Waals surface area contributed by atoms with Crippen LogP contribution < -0.4 is 9.47 Å². The van der Waals surface area contributed by atoms with Crippen molar-refractivity contribution in [3.8, 4) is 11.5 Å². The van der Waals surface area contributed by atoms with Gasteiger partial charge in [0.05, 0.1) is 20.8 Å². The number of nitrogens with zero attached hydrogens (tertiary/aromatic N) is 1. The standard InChI is InChI=1S/C22H35NO7/c1-15(2)13-29-20(24)17(23(14-26-6)21(25)30-22(3,4)5)11-16-9-10-18(27-7)19(12-16)28-8/h9-10,12,15,17H,11,13-14H2,1-8H3/t17-/m0/s1. The Balaban J connectivity index is 3.24. The summed E-state index contributed by atoms with van der Waals surface area (Å²) in [6, 6.07) is 4.39. The van der Waals surface area contributed by atoms with Crippen LogP contribution in [0.2, 0.25) is 0 Å². The van der Waals surface area contributed by atoms with Crippen molar-refractivity contribution in [1.82, 2.24) is 4.90 Å². The van der Waals surface area contributed by atoms with E-state index in [9.17, 15) is 9.59 Å². The zero-order valence-corrected chi connectivity index (χ0v) is 19.3. The number of rotatable bonds is 10. The van der Waals surface area contributed by atoms with E-state index in [0.29, 0.717) is 11.5 Å². The van der Waals surface area contributed by atoms with Gasteiger partial charge in [-0.1, -0.05) is 19.9 Å². The minimum Gasteiger partial charge on any atom is -0.493 e. The third kappa shape index (κ3) is 8.10. The summed E-state index contributed by atoms with van der Waals surface area (Å²) >= 11 is 0. The number of hydrogen-bond acceptors (Lipinski definition) is 7. The first-order chi connectivity index (χ1) is 14.0. The summed E-state index contributed by atoms with van der Waals surface area (Å²) in [6.45, 7) is 9.29. The lowest BCUT2D eigenvalue weighted by atomic mass is 10.0. The molecule has 0 heterocycles. The highest BCUT2D eigenvalue weighted by atomic mass is 16.6. The van der Waals surface area contributed by atoms with Crippen molar-refractivity contribution in [2.75, 3.05) is 34.7 Å². The molecule has 0 unspecified atom stereocenters. The quantitative estimate of drug-likeness (QED) is 0.418. The van der Waals surface area contributed by atoms with Crippen LogP contribution in [0.25, 0.3) is 0 Å². The molecule has 1 rings (SSSR count). The zero-order valence-electron chi connectivity index (χ0n) is 19.3. The van der Waals surface area contributed by atoms with Gasteiger partial charge in [-0.05, 0) is 44.4 Å². The normalized spacial score (nSPS) is 12.3. The van der Waals surface area contributed by atoms with Crippen molar-refractivity contribution in [3.05, 3.63) is 23.8 Å². The van der Waals surface area contributed by atoms with E-state index in [0.717, 1.165) is 5.56 Å². The number of carbonyl (C=O) groups is 2. The Kier molecular flexibility index (Phi) is 9.92. The molecule has 1 aromatic carbocycles. The molecular formula is C22H35NO7. The summed E-state index contributed by atoms with van der Waals surface area (Å²) in [7, 11) is 4.53. The zero-order chi connectivity index (χ0) is 22.9. The third-order valence-corrected chi connectivity index (χ3v) is 3.98. The molecule has 170 valence electrons. The number of hydrogen-bond donors (Lipinski definition) is 0. The van der Waals surface area contributed by atoms with Gasteiger partial charge in [-0.25, -0.2) is 9.59 Å². The fourth-order valence-corrected chi connectivity index (χ4v) is 2.63. The van der Waals surface area contributed by atoms with Crippen molar-refractivity contribution in [2.24, 2.45) is 5.92 Å². The number of benzene rings is 1. The molecule has 0 N–H and O–H groups in total. The topological polar surface area (TPSA) is 83.5 Å². The van der Waals surface area contributed by atoms with Gasteiger partial charge in [-0.3, -0.25) is 4.90 Å². The van der Waals surface area contributed by atoms with Gasteiger partial charge in [0.25, 0.3) is 0 Å². The summed E-state index contributed by atoms with van der Waals surface area (Å²) in [5, 5.41) is 0. The minimum absolute atomic E-state index is 0.121. The Labute approximate surface area is 179 Å². The van der Waals surface area contributed by atoms with E-state index < -0.39 is 23.7 Å². The molecule has 1 atom stereocenters. The van der Waals surface area contributed by atoms with Crippen LogP contribution >= 0.6 is 0 Å². The molecule has 0 saturated heterocycles. The summed E-state index contributed by atoms with van der Waals surface area (Å²) < 4.78 is 26.7. The van der Waals surface area contributed by atoms with Gasteiger partial charge in [-0.2, -0.15) is 0 Å². The summed E-state index contributed by atoms with van der Waals surface area (Å²) in [6.07, 6.45) is -0.462. The van der Waals surface area contributed by atoms with Gasteiger partial charge >= 0.3 is 12.1 Å². The van der Waals surface area contributed by atoms with E-state index in [4.69, 9.17) is 23.7 Å². The number of methoxy groups -OCH3 is 3. The van der Waals surface area contributed by atoms with Crippen LogP contribution in [-0.4, -0.2) is 63.3 Å². The van der Waals surface area contributed by atoms with Crippen LogP contribution in [0.15, 0.2) is 18.2 Å². The van der Waals surface area contributed by atoms with Crippen LogP contribution in [-0.2, 0) is 25.4 Å². The van der Waals surface area contributed by atoms with E-state index >= 15 is 0 Å². The highest BCUT2D eigenvalue weighted by molar-refractivity contribution is 5.82. The second kappa shape index (κ2) is 11.6. The Morgan fingerprint density at radius 2 is 1.67 bits per heavy atom. The smallest absolute Gasteiger partial charge is 0.412 e. The Morgan fingerprint density at radius 3 is 2.17 bits per heavy atom. The molecule has 0 fully saturated rings. The van der Waals surface area contributed by atoms with E-state index in [1.54, 1.807) is 40.0 Å². The maximum atomic E-state index is 12.9. The predicted molar refractivity (Wildman–Crippen MR) is 113 cm³/mol. The molecule has 1 amide bonds. The van der Waals surface area contributed by atoms with Crippen molar-refractivity contribution >= 4 is 12.1 Å². The molecule has 1 aromatic rings. The molecule has 0 aromatic heterocycles. The lowest BCUT2D eigenvalue weighted by molar-refractivity contribution is -0.153. The van der Waals surface area contributed by atoms with Crippen molar-refractivity contribution in [1.29, 1.82) is 0 Å². The summed E-state index contributed by atoms with van der Waals surface area (Å²) in [4.78, 5) is 27.0. The maximum absolute atomic E-state index is 12.9. The molecule has 30 heavy (non-hydrogen) atoms. The van der Waals surface area contributed by atoms with E-state index in [1.807, 2.05) is 19.9 Å². The van der Waals surface area contributed by atoms with Crippen LogP contribution in [0.3, 0.4) is 0 Å². The SMILES string of the molecule is COCN(C(=O)OC(C)(C)C)[C@@H](Cc1ccc(OC)c(OC)c1)C(=O)OCC(C)C. The fraction of sp³-hybridized carbons (Fsp3) is 0.636. The molecule has 0 bridgehead atoms. The van der Waals surface area contributed by atoms with Crippen molar-refractivity contribution < 1.29 is 33.3 Å². The van der Waals surface area contributed by atoms with Crippen LogP contribution in [0, 0.1) is 5.92 Å². The Bertz CT molecular complexity index is 697. The van der Waals surface area contributed by atoms with Crippen LogP contribution in [0.4, 0.5) is 4.79 Å². The van der Waals surface area contributed by atoms with Gasteiger partial charge in [0.15, 0.2) is 11.5 Å². The third-order valence-electron chi connectivity index (χ3n) is 3.98. The average molecular weight is 426 g/mol. The molecule has 0 aliphatic rings. The largest absolute Gasteiger partial charge is 0.493 e. The highest BCUT2D eigenvalue weighted by Gasteiger charge is 2.34. The number of esters is 1. The van der Waals surface area contributed by atoms with Crippen LogP contribution in [0.5, 0.6) is 11.5 Å². The summed E-state index contributed by atoms with van der Waals surface area (Å²) in [5.41, 5.74) is 0.0440. The predicted octanol–water partition coefficient (Wildman–Crippen LogP) is 3.66. The first-order valence-corrected chi connectivity index (χ1v) is 9.88. The molecule has 0 aliphatic heterocycles. The second-order valence-corrected chi connectivity index (χ2v) is 8.30.